The Kier molecular flexibility index (Phi) is 5.78. The van der Waals surface area contributed by atoms with E-state index >= 15 is 0 Å². The maximum atomic E-state index is 12.1. The van der Waals surface area contributed by atoms with Gasteiger partial charge >= 0.3 is 12.1 Å². The molecular formula is C12H15F3N2O2. The second kappa shape index (κ2) is 7.10. The Morgan fingerprint density at radius 2 is 2.11 bits per heavy atom. The molecule has 0 aliphatic heterocycles. The molecule has 0 heterocycles. The molecule has 4 nitrogen and oxygen atoms in total. The van der Waals surface area contributed by atoms with E-state index in [9.17, 15) is 18.0 Å². The van der Waals surface area contributed by atoms with Gasteiger partial charge in [-0.05, 0) is 17.7 Å². The summed E-state index contributed by atoms with van der Waals surface area (Å²) in [5.74, 6) is -1.98. The van der Waals surface area contributed by atoms with Crippen molar-refractivity contribution in [3.05, 3.63) is 29.8 Å². The summed E-state index contributed by atoms with van der Waals surface area (Å²) in [5.41, 5.74) is 0.893. The first-order chi connectivity index (χ1) is 8.93. The predicted molar refractivity (Wildman–Crippen MR) is 64.7 cm³/mol. The number of rotatable bonds is 6. The summed E-state index contributed by atoms with van der Waals surface area (Å²) in [6.07, 6.45) is -4.88. The van der Waals surface area contributed by atoms with E-state index < -0.39 is 12.1 Å². The summed E-state index contributed by atoms with van der Waals surface area (Å²) >= 11 is 0. The molecule has 0 saturated heterocycles. The molecule has 1 amide bonds. The fraction of sp³-hybridized carbons (Fsp3) is 0.417. The lowest BCUT2D eigenvalue weighted by molar-refractivity contribution is -0.167. The summed E-state index contributed by atoms with van der Waals surface area (Å²) in [7, 11) is 1.58. The van der Waals surface area contributed by atoms with Crippen LogP contribution in [0.1, 0.15) is 5.56 Å². The van der Waals surface area contributed by atoms with Crippen LogP contribution in [0, 0.1) is 0 Å². The van der Waals surface area contributed by atoms with Gasteiger partial charge in [0.2, 0.25) is 0 Å². The highest BCUT2D eigenvalue weighted by atomic mass is 19.4. The van der Waals surface area contributed by atoms with Crippen LogP contribution in [0.4, 0.5) is 18.9 Å². The van der Waals surface area contributed by atoms with Crippen LogP contribution in [0.3, 0.4) is 0 Å². The summed E-state index contributed by atoms with van der Waals surface area (Å²) in [6, 6.07) is 6.23. The Balaban J connectivity index is 2.55. The molecule has 2 N–H and O–H groups in total. The summed E-state index contributed by atoms with van der Waals surface area (Å²) < 4.78 is 41.1. The van der Waals surface area contributed by atoms with Crippen molar-refractivity contribution in [3.63, 3.8) is 0 Å². The maximum Gasteiger partial charge on any atom is 0.471 e. The number of nitrogens with one attached hydrogen (secondary N) is 2. The third kappa shape index (κ3) is 5.71. The van der Waals surface area contributed by atoms with Crippen molar-refractivity contribution in [2.45, 2.75) is 12.7 Å². The van der Waals surface area contributed by atoms with Gasteiger partial charge in [0.1, 0.15) is 0 Å². The van der Waals surface area contributed by atoms with Gasteiger partial charge in [-0.15, -0.1) is 0 Å². The van der Waals surface area contributed by atoms with Crippen LogP contribution in [-0.4, -0.2) is 32.3 Å². The van der Waals surface area contributed by atoms with E-state index in [2.05, 4.69) is 5.32 Å². The number of ether oxygens (including phenoxy) is 1. The lowest BCUT2D eigenvalue weighted by Gasteiger charge is -2.09. The zero-order valence-corrected chi connectivity index (χ0v) is 10.4. The van der Waals surface area contributed by atoms with Crippen molar-refractivity contribution in [3.8, 4) is 0 Å². The number of anilines is 1. The molecule has 0 bridgehead atoms. The number of halogens is 3. The SMILES string of the molecule is COCCNCc1cccc(NC(=O)C(F)(F)F)c1. The quantitative estimate of drug-likeness (QED) is 0.780. The molecule has 0 radical (unpaired) electrons. The van der Waals surface area contributed by atoms with Gasteiger partial charge in [0.05, 0.1) is 6.61 Å². The molecule has 0 unspecified atom stereocenters. The zero-order valence-electron chi connectivity index (χ0n) is 10.4. The minimum absolute atomic E-state index is 0.119. The summed E-state index contributed by atoms with van der Waals surface area (Å²) in [4.78, 5) is 10.8. The van der Waals surface area contributed by atoms with Gasteiger partial charge in [-0.1, -0.05) is 12.1 Å². The molecule has 1 rings (SSSR count). The smallest absolute Gasteiger partial charge is 0.383 e. The minimum atomic E-state index is -4.88. The van der Waals surface area contributed by atoms with Crippen molar-refractivity contribution >= 4 is 11.6 Å². The lowest BCUT2D eigenvalue weighted by atomic mass is 10.2. The average Bonchev–Trinajstić information content (AvgIpc) is 2.34. The predicted octanol–water partition coefficient (Wildman–Crippen LogP) is 1.92. The Labute approximate surface area is 108 Å². The van der Waals surface area contributed by atoms with Crippen molar-refractivity contribution in [1.29, 1.82) is 0 Å². The number of benzene rings is 1. The molecule has 0 saturated carbocycles. The topological polar surface area (TPSA) is 50.4 Å². The number of carbonyl (C=O) groups is 1. The minimum Gasteiger partial charge on any atom is -0.383 e. The zero-order chi connectivity index (χ0) is 14.3. The standard InChI is InChI=1S/C12H15F3N2O2/c1-19-6-5-16-8-9-3-2-4-10(7-9)17-11(18)12(13,14)15/h2-4,7,16H,5-6,8H2,1H3,(H,17,18). The molecule has 1 aromatic carbocycles. The molecule has 0 aliphatic carbocycles. The lowest BCUT2D eigenvalue weighted by Crippen LogP contribution is -2.30. The van der Waals surface area contributed by atoms with Gasteiger partial charge in [0, 0.05) is 25.9 Å². The third-order valence-electron chi connectivity index (χ3n) is 2.25. The van der Waals surface area contributed by atoms with Crippen LogP contribution in [0.5, 0.6) is 0 Å². The van der Waals surface area contributed by atoms with Crippen molar-refractivity contribution in [1.82, 2.24) is 5.32 Å². The number of hydrogen-bond acceptors (Lipinski definition) is 3. The molecule has 106 valence electrons. The van der Waals surface area contributed by atoms with Gasteiger partial charge in [-0.25, -0.2) is 0 Å². The molecule has 0 fully saturated rings. The first-order valence-electron chi connectivity index (χ1n) is 5.60. The fourth-order valence-electron chi connectivity index (χ4n) is 1.37. The molecule has 0 aromatic heterocycles. The number of amides is 1. The average molecular weight is 276 g/mol. The summed E-state index contributed by atoms with van der Waals surface area (Å²) in [5, 5.41) is 4.86. The van der Waals surface area contributed by atoms with E-state index in [1.54, 1.807) is 19.2 Å². The Bertz CT molecular complexity index is 422. The van der Waals surface area contributed by atoms with Gasteiger partial charge in [0.15, 0.2) is 0 Å². The van der Waals surface area contributed by atoms with Crippen LogP contribution < -0.4 is 10.6 Å². The molecular weight excluding hydrogens is 261 g/mol. The molecule has 7 heteroatoms. The normalized spacial score (nSPS) is 11.4. The van der Waals surface area contributed by atoms with Gasteiger partial charge in [-0.3, -0.25) is 4.79 Å². The molecule has 0 atom stereocenters. The van der Waals surface area contributed by atoms with Gasteiger partial charge in [0.25, 0.3) is 0 Å². The van der Waals surface area contributed by atoms with Crippen LogP contribution in [0.2, 0.25) is 0 Å². The fourth-order valence-corrected chi connectivity index (χ4v) is 1.37. The van der Waals surface area contributed by atoms with Crippen LogP contribution in [0.15, 0.2) is 24.3 Å². The number of alkyl halides is 3. The van der Waals surface area contributed by atoms with Crippen LogP contribution in [-0.2, 0) is 16.1 Å². The van der Waals surface area contributed by atoms with Crippen LogP contribution in [0.25, 0.3) is 0 Å². The molecule has 0 spiro atoms. The monoisotopic (exact) mass is 276 g/mol. The Hall–Kier alpha value is -1.60. The maximum absolute atomic E-state index is 12.1. The van der Waals surface area contributed by atoms with Gasteiger partial charge in [-0.2, -0.15) is 13.2 Å². The second-order valence-electron chi connectivity index (χ2n) is 3.82. The highest BCUT2D eigenvalue weighted by molar-refractivity contribution is 5.94. The van der Waals surface area contributed by atoms with Crippen molar-refractivity contribution in [2.75, 3.05) is 25.6 Å². The number of carbonyl (C=O) groups excluding carboxylic acids is 1. The van der Waals surface area contributed by atoms with E-state index in [-0.39, 0.29) is 5.69 Å². The van der Waals surface area contributed by atoms with Gasteiger partial charge < -0.3 is 15.4 Å². The number of hydrogen-bond donors (Lipinski definition) is 2. The number of methoxy groups -OCH3 is 1. The van der Waals surface area contributed by atoms with Crippen LogP contribution >= 0.6 is 0 Å². The Morgan fingerprint density at radius 3 is 2.74 bits per heavy atom. The Morgan fingerprint density at radius 1 is 1.37 bits per heavy atom. The molecule has 19 heavy (non-hydrogen) atoms. The second-order valence-corrected chi connectivity index (χ2v) is 3.82. The highest BCUT2D eigenvalue weighted by Gasteiger charge is 2.38. The third-order valence-corrected chi connectivity index (χ3v) is 2.25. The molecule has 1 aromatic rings. The van der Waals surface area contributed by atoms with E-state index in [4.69, 9.17) is 4.74 Å². The van der Waals surface area contributed by atoms with E-state index in [1.165, 1.54) is 12.1 Å². The molecule has 0 aliphatic rings. The first kappa shape index (κ1) is 15.5. The van der Waals surface area contributed by atoms with E-state index in [0.717, 1.165) is 5.56 Å². The van der Waals surface area contributed by atoms with E-state index in [1.807, 2.05) is 5.32 Å². The summed E-state index contributed by atoms with van der Waals surface area (Å²) in [6.45, 7) is 1.67. The van der Waals surface area contributed by atoms with Crippen molar-refractivity contribution in [2.24, 2.45) is 0 Å². The van der Waals surface area contributed by atoms with Crippen molar-refractivity contribution < 1.29 is 22.7 Å². The highest BCUT2D eigenvalue weighted by Crippen LogP contribution is 2.18. The first-order valence-corrected chi connectivity index (χ1v) is 5.60. The largest absolute Gasteiger partial charge is 0.471 e. The van der Waals surface area contributed by atoms with E-state index in [0.29, 0.717) is 19.7 Å².